The molecule has 5 rings (SSSR count). The van der Waals surface area contributed by atoms with Gasteiger partial charge < -0.3 is 4.74 Å². The molecule has 1 saturated heterocycles. The molecule has 0 aromatic heterocycles. The summed E-state index contributed by atoms with van der Waals surface area (Å²) in [5.41, 5.74) is 0. The summed E-state index contributed by atoms with van der Waals surface area (Å²) in [5, 5.41) is 0. The number of hydrogen-bond acceptors (Lipinski definition) is 3. The molecule has 1 aliphatic heterocycles. The molecule has 0 aromatic carbocycles. The third kappa shape index (κ3) is 0.715. The zero-order valence-electron chi connectivity index (χ0n) is 8.00. The first-order chi connectivity index (χ1) is 7.27. The van der Waals surface area contributed by atoms with Crippen LogP contribution in [0.5, 0.6) is 0 Å². The fourth-order valence-corrected chi connectivity index (χ4v) is 3.69. The molecule has 76 valence electrons. The number of carbonyl (C=O) groups is 2. The standard InChI is InChI=1S/C12H10O3/c13-11-9-7-3-4-8(6-2-1-5(6)7)10(9)12(14)15-11/h1-10H. The number of ether oxygens (including phenoxy) is 1. The highest BCUT2D eigenvalue weighted by molar-refractivity contribution is 5.97. The Labute approximate surface area is 86.8 Å². The van der Waals surface area contributed by atoms with Crippen LogP contribution in [0.4, 0.5) is 0 Å². The molecule has 3 nitrogen and oxygen atoms in total. The summed E-state index contributed by atoms with van der Waals surface area (Å²) in [6, 6.07) is 0. The van der Waals surface area contributed by atoms with Gasteiger partial charge in [-0.3, -0.25) is 9.59 Å². The van der Waals surface area contributed by atoms with E-state index in [0.29, 0.717) is 11.8 Å². The van der Waals surface area contributed by atoms with Gasteiger partial charge in [-0.25, -0.2) is 0 Å². The molecule has 0 amide bonds. The monoisotopic (exact) mass is 202 g/mol. The van der Waals surface area contributed by atoms with Crippen LogP contribution in [-0.4, -0.2) is 11.9 Å². The van der Waals surface area contributed by atoms with Crippen molar-refractivity contribution in [2.24, 2.45) is 35.5 Å². The maximum absolute atomic E-state index is 11.6. The Bertz CT molecular complexity index is 396. The second-order valence-corrected chi connectivity index (χ2v) is 4.87. The average Bonchev–Trinajstić information content (AvgIpc) is 2.44. The van der Waals surface area contributed by atoms with Crippen LogP contribution >= 0.6 is 0 Å². The molecule has 5 aliphatic rings. The van der Waals surface area contributed by atoms with Gasteiger partial charge in [-0.05, 0) is 23.7 Å². The van der Waals surface area contributed by atoms with Crippen LogP contribution in [0.15, 0.2) is 24.3 Å². The van der Waals surface area contributed by atoms with Gasteiger partial charge in [0.2, 0.25) is 0 Å². The minimum atomic E-state index is -0.303. The quantitative estimate of drug-likeness (QED) is 0.333. The first-order valence-electron chi connectivity index (χ1n) is 5.39. The van der Waals surface area contributed by atoms with Crippen molar-refractivity contribution in [3.05, 3.63) is 24.3 Å². The van der Waals surface area contributed by atoms with Crippen molar-refractivity contribution in [3.8, 4) is 0 Å². The summed E-state index contributed by atoms with van der Waals surface area (Å²) in [6.45, 7) is 0. The predicted molar refractivity (Wildman–Crippen MR) is 50.3 cm³/mol. The SMILES string of the molecule is O=C1OC(=O)C2C3C=CC(C4C=CC43)C12. The van der Waals surface area contributed by atoms with Gasteiger partial charge in [0.25, 0.3) is 0 Å². The molecule has 6 atom stereocenters. The minimum Gasteiger partial charge on any atom is -0.393 e. The zero-order chi connectivity index (χ0) is 10.2. The lowest BCUT2D eigenvalue weighted by Crippen LogP contribution is -2.50. The van der Waals surface area contributed by atoms with Gasteiger partial charge in [0, 0.05) is 0 Å². The van der Waals surface area contributed by atoms with E-state index < -0.39 is 0 Å². The summed E-state index contributed by atoms with van der Waals surface area (Å²) in [5.74, 6) is 0.353. The van der Waals surface area contributed by atoms with Gasteiger partial charge in [0.15, 0.2) is 0 Å². The van der Waals surface area contributed by atoms with Gasteiger partial charge in [-0.15, -0.1) is 0 Å². The molecule has 1 heterocycles. The number of hydrogen-bond donors (Lipinski definition) is 0. The van der Waals surface area contributed by atoms with Crippen LogP contribution in [-0.2, 0) is 14.3 Å². The van der Waals surface area contributed by atoms with Gasteiger partial charge in [-0.1, -0.05) is 24.3 Å². The Morgan fingerprint density at radius 3 is 1.53 bits per heavy atom. The summed E-state index contributed by atoms with van der Waals surface area (Å²) in [6.07, 6.45) is 8.54. The van der Waals surface area contributed by atoms with Gasteiger partial charge >= 0.3 is 11.9 Å². The van der Waals surface area contributed by atoms with Crippen molar-refractivity contribution in [3.63, 3.8) is 0 Å². The van der Waals surface area contributed by atoms with E-state index in [-0.39, 0.29) is 35.6 Å². The Morgan fingerprint density at radius 2 is 1.13 bits per heavy atom. The van der Waals surface area contributed by atoms with E-state index in [1.165, 1.54) is 0 Å². The van der Waals surface area contributed by atoms with Crippen LogP contribution in [0.2, 0.25) is 0 Å². The lowest BCUT2D eigenvalue weighted by atomic mass is 9.50. The Hall–Kier alpha value is -1.38. The van der Waals surface area contributed by atoms with E-state index in [1.54, 1.807) is 0 Å². The van der Waals surface area contributed by atoms with E-state index in [0.717, 1.165) is 0 Å². The number of allylic oxidation sites excluding steroid dienone is 4. The molecule has 4 aliphatic carbocycles. The van der Waals surface area contributed by atoms with Gasteiger partial charge in [0.05, 0.1) is 11.8 Å². The molecule has 0 N–H and O–H groups in total. The van der Waals surface area contributed by atoms with Gasteiger partial charge in [-0.2, -0.15) is 0 Å². The molecule has 15 heavy (non-hydrogen) atoms. The largest absolute Gasteiger partial charge is 0.393 e. The van der Waals surface area contributed by atoms with E-state index in [1.807, 2.05) is 0 Å². The molecular formula is C12H10O3. The third-order valence-corrected chi connectivity index (χ3v) is 4.41. The van der Waals surface area contributed by atoms with E-state index in [2.05, 4.69) is 24.3 Å². The Balaban J connectivity index is 1.88. The fourth-order valence-electron chi connectivity index (χ4n) is 3.69. The first-order valence-corrected chi connectivity index (χ1v) is 5.39. The molecule has 0 radical (unpaired) electrons. The van der Waals surface area contributed by atoms with E-state index in [9.17, 15) is 9.59 Å². The van der Waals surface area contributed by atoms with Crippen molar-refractivity contribution in [1.82, 2.24) is 0 Å². The maximum Gasteiger partial charge on any atom is 0.318 e. The molecule has 3 heteroatoms. The molecular weight excluding hydrogens is 192 g/mol. The van der Waals surface area contributed by atoms with Crippen molar-refractivity contribution in [2.75, 3.05) is 0 Å². The number of carbonyl (C=O) groups excluding carboxylic acids is 2. The number of esters is 2. The van der Waals surface area contributed by atoms with Crippen LogP contribution in [0, 0.1) is 35.5 Å². The molecule has 6 unspecified atom stereocenters. The van der Waals surface area contributed by atoms with Crippen LogP contribution in [0.3, 0.4) is 0 Å². The average molecular weight is 202 g/mol. The summed E-state index contributed by atoms with van der Waals surface area (Å²) in [7, 11) is 0. The van der Waals surface area contributed by atoms with Crippen LogP contribution < -0.4 is 0 Å². The fraction of sp³-hybridized carbons (Fsp3) is 0.500. The second-order valence-electron chi connectivity index (χ2n) is 4.87. The van der Waals surface area contributed by atoms with Crippen molar-refractivity contribution < 1.29 is 14.3 Å². The topological polar surface area (TPSA) is 43.4 Å². The highest BCUT2D eigenvalue weighted by Crippen LogP contribution is 2.58. The summed E-state index contributed by atoms with van der Waals surface area (Å²) in [4.78, 5) is 23.2. The maximum atomic E-state index is 11.6. The molecule has 2 bridgehead atoms. The number of cyclic esters (lactones) is 2. The number of rotatable bonds is 0. The van der Waals surface area contributed by atoms with Crippen molar-refractivity contribution >= 4 is 11.9 Å². The molecule has 2 fully saturated rings. The minimum absolute atomic E-state index is 0.196. The lowest BCUT2D eigenvalue weighted by Gasteiger charge is -2.51. The molecule has 1 saturated carbocycles. The highest BCUT2D eigenvalue weighted by atomic mass is 16.6. The zero-order valence-corrected chi connectivity index (χ0v) is 8.00. The second kappa shape index (κ2) is 2.23. The first kappa shape index (κ1) is 7.85. The normalized spacial score (nSPS) is 53.6. The van der Waals surface area contributed by atoms with E-state index >= 15 is 0 Å². The van der Waals surface area contributed by atoms with Gasteiger partial charge in [0.1, 0.15) is 0 Å². The van der Waals surface area contributed by atoms with E-state index in [4.69, 9.17) is 4.74 Å². The molecule has 0 aromatic rings. The summed E-state index contributed by atoms with van der Waals surface area (Å²) >= 11 is 0. The predicted octanol–water partition coefficient (Wildman–Crippen LogP) is 0.920. The Morgan fingerprint density at radius 1 is 0.733 bits per heavy atom. The van der Waals surface area contributed by atoms with Crippen molar-refractivity contribution in [2.45, 2.75) is 0 Å². The molecule has 0 spiro atoms. The lowest BCUT2D eigenvalue weighted by molar-refractivity contribution is -0.154. The van der Waals surface area contributed by atoms with Crippen LogP contribution in [0.25, 0.3) is 0 Å². The smallest absolute Gasteiger partial charge is 0.318 e. The Kier molecular flexibility index (Phi) is 1.17. The summed E-state index contributed by atoms with van der Waals surface area (Å²) < 4.78 is 4.77. The van der Waals surface area contributed by atoms with Crippen LogP contribution in [0.1, 0.15) is 0 Å². The highest BCUT2D eigenvalue weighted by Gasteiger charge is 2.61. The van der Waals surface area contributed by atoms with Crippen molar-refractivity contribution in [1.29, 1.82) is 0 Å². The third-order valence-electron chi connectivity index (χ3n) is 4.41.